The Kier molecular flexibility index (Phi) is 7.22. The Morgan fingerprint density at radius 3 is 2.35 bits per heavy atom. The van der Waals surface area contributed by atoms with E-state index in [0.29, 0.717) is 22.7 Å². The summed E-state index contributed by atoms with van der Waals surface area (Å²) >= 11 is 6.35. The third-order valence-corrected chi connectivity index (χ3v) is 6.25. The molecule has 0 spiro atoms. The monoisotopic (exact) mass is 520 g/mol. The molecule has 1 saturated heterocycles. The number of hydrogen-bond acceptors (Lipinski definition) is 6. The number of halogens is 1. The lowest BCUT2D eigenvalue weighted by Gasteiger charge is -2.26. The number of amides is 2. The predicted molar refractivity (Wildman–Crippen MR) is 141 cm³/mol. The molecule has 8 nitrogen and oxygen atoms in total. The number of carbonyl (C=O) groups is 3. The van der Waals surface area contributed by atoms with Crippen LogP contribution in [0.5, 0.6) is 11.5 Å². The van der Waals surface area contributed by atoms with Gasteiger partial charge < -0.3 is 19.9 Å². The molecule has 1 atom stereocenters. The first kappa shape index (κ1) is 25.8. The highest BCUT2D eigenvalue weighted by molar-refractivity contribution is 6.51. The number of aryl methyl sites for hydroxylation is 1. The van der Waals surface area contributed by atoms with Gasteiger partial charge in [-0.2, -0.15) is 0 Å². The van der Waals surface area contributed by atoms with Gasteiger partial charge in [0, 0.05) is 18.3 Å². The van der Waals surface area contributed by atoms with Gasteiger partial charge in [0.2, 0.25) is 5.91 Å². The van der Waals surface area contributed by atoms with Crippen LogP contribution in [0.4, 0.5) is 11.4 Å². The molecule has 1 aliphatic rings. The molecule has 2 N–H and O–H groups in total. The van der Waals surface area contributed by atoms with Gasteiger partial charge in [-0.3, -0.25) is 19.3 Å². The van der Waals surface area contributed by atoms with Crippen LogP contribution in [-0.2, 0) is 14.4 Å². The summed E-state index contributed by atoms with van der Waals surface area (Å²) in [6.45, 7) is 3.16. The van der Waals surface area contributed by atoms with Crippen molar-refractivity contribution in [1.29, 1.82) is 0 Å². The summed E-state index contributed by atoms with van der Waals surface area (Å²) in [5, 5.41) is 14.4. The van der Waals surface area contributed by atoms with Crippen molar-refractivity contribution in [1.82, 2.24) is 0 Å². The Hall–Kier alpha value is -4.30. The molecule has 0 saturated carbocycles. The summed E-state index contributed by atoms with van der Waals surface area (Å²) in [6, 6.07) is 15.7. The van der Waals surface area contributed by atoms with Gasteiger partial charge in [-0.1, -0.05) is 29.8 Å². The van der Waals surface area contributed by atoms with Crippen LogP contribution in [0.3, 0.4) is 0 Å². The Morgan fingerprint density at radius 2 is 1.73 bits per heavy atom. The maximum absolute atomic E-state index is 13.5. The van der Waals surface area contributed by atoms with Crippen LogP contribution in [0.2, 0.25) is 5.02 Å². The number of anilines is 2. The van der Waals surface area contributed by atoms with E-state index in [1.165, 1.54) is 26.0 Å². The van der Waals surface area contributed by atoms with Gasteiger partial charge >= 0.3 is 0 Å². The molecule has 1 heterocycles. The molecule has 190 valence electrons. The zero-order valence-electron chi connectivity index (χ0n) is 20.7. The minimum atomic E-state index is -0.984. The third-order valence-electron chi connectivity index (χ3n) is 5.97. The predicted octanol–water partition coefficient (Wildman–Crippen LogP) is 5.25. The van der Waals surface area contributed by atoms with E-state index in [2.05, 4.69) is 5.32 Å². The fraction of sp³-hybridized carbons (Fsp3) is 0.179. The van der Waals surface area contributed by atoms with Crippen molar-refractivity contribution < 1.29 is 29.0 Å². The van der Waals surface area contributed by atoms with Crippen LogP contribution in [-0.4, -0.2) is 36.9 Å². The summed E-state index contributed by atoms with van der Waals surface area (Å²) in [4.78, 5) is 39.8. The average molecular weight is 521 g/mol. The lowest BCUT2D eigenvalue weighted by Crippen LogP contribution is -2.29. The number of methoxy groups -OCH3 is 2. The number of rotatable bonds is 6. The Bertz CT molecular complexity index is 1430. The van der Waals surface area contributed by atoms with Crippen molar-refractivity contribution in [2.75, 3.05) is 24.4 Å². The van der Waals surface area contributed by atoms with Gasteiger partial charge in [0.1, 0.15) is 17.3 Å². The highest BCUT2D eigenvalue weighted by Gasteiger charge is 2.47. The first-order chi connectivity index (χ1) is 17.7. The van der Waals surface area contributed by atoms with Crippen LogP contribution in [0, 0.1) is 6.92 Å². The molecule has 2 amide bonds. The fourth-order valence-corrected chi connectivity index (χ4v) is 4.75. The van der Waals surface area contributed by atoms with Gasteiger partial charge in [0.05, 0.1) is 36.4 Å². The summed E-state index contributed by atoms with van der Waals surface area (Å²) in [7, 11) is 2.93. The second-order valence-corrected chi connectivity index (χ2v) is 8.91. The van der Waals surface area contributed by atoms with E-state index in [1.807, 2.05) is 0 Å². The first-order valence-electron chi connectivity index (χ1n) is 11.3. The first-order valence-corrected chi connectivity index (χ1v) is 11.7. The van der Waals surface area contributed by atoms with E-state index in [1.54, 1.807) is 67.6 Å². The number of Topliss-reactive ketones (excluding diaryl/α,β-unsaturated/α-hetero) is 1. The van der Waals surface area contributed by atoms with Crippen molar-refractivity contribution in [2.45, 2.75) is 19.9 Å². The minimum absolute atomic E-state index is 0.125. The Labute approximate surface area is 219 Å². The molecule has 1 unspecified atom stereocenters. The normalized spacial score (nSPS) is 16.6. The Balaban J connectivity index is 1.97. The van der Waals surface area contributed by atoms with Crippen molar-refractivity contribution in [3.8, 4) is 11.5 Å². The van der Waals surface area contributed by atoms with Crippen molar-refractivity contribution in [3.05, 3.63) is 87.9 Å². The number of ether oxygens (including phenoxy) is 2. The molecule has 1 aliphatic heterocycles. The lowest BCUT2D eigenvalue weighted by molar-refractivity contribution is -0.132. The van der Waals surface area contributed by atoms with E-state index in [-0.39, 0.29) is 27.8 Å². The molecule has 0 bridgehead atoms. The zero-order valence-corrected chi connectivity index (χ0v) is 21.4. The maximum Gasteiger partial charge on any atom is 0.300 e. The number of aliphatic hydroxyl groups excluding tert-OH is 1. The second kappa shape index (κ2) is 10.4. The molecule has 3 aromatic carbocycles. The van der Waals surface area contributed by atoms with Crippen LogP contribution in [0.15, 0.2) is 66.2 Å². The Morgan fingerprint density at radius 1 is 1.03 bits per heavy atom. The van der Waals surface area contributed by atoms with E-state index in [4.69, 9.17) is 21.1 Å². The summed E-state index contributed by atoms with van der Waals surface area (Å²) < 4.78 is 10.7. The standard InChI is InChI=1S/C28H25ClN2O6/c1-15-12-21(27(37-4)22(29)13-15)25(33)23-24(17-8-10-20(36-3)11-9-17)31(28(35)26(23)34)19-7-5-6-18(14-19)30-16(2)32/h5-14,24,33H,1-4H3,(H,30,32)/b25-23+. The highest BCUT2D eigenvalue weighted by Crippen LogP contribution is 2.45. The number of nitrogens with zero attached hydrogens (tertiary/aromatic N) is 1. The van der Waals surface area contributed by atoms with Crippen molar-refractivity contribution >= 4 is 46.3 Å². The van der Waals surface area contributed by atoms with E-state index >= 15 is 0 Å². The van der Waals surface area contributed by atoms with Crippen molar-refractivity contribution in [2.24, 2.45) is 0 Å². The number of aliphatic hydroxyl groups is 1. The molecule has 3 aromatic rings. The van der Waals surface area contributed by atoms with Crippen LogP contribution >= 0.6 is 11.6 Å². The topological polar surface area (TPSA) is 105 Å². The van der Waals surface area contributed by atoms with Gasteiger partial charge in [-0.05, 0) is 60.5 Å². The average Bonchev–Trinajstić information content (AvgIpc) is 3.13. The van der Waals surface area contributed by atoms with Gasteiger partial charge in [-0.25, -0.2) is 0 Å². The molecular formula is C28H25ClN2O6. The second-order valence-electron chi connectivity index (χ2n) is 8.50. The van der Waals surface area contributed by atoms with E-state index in [0.717, 1.165) is 5.56 Å². The molecular weight excluding hydrogens is 496 g/mol. The molecule has 0 radical (unpaired) electrons. The third kappa shape index (κ3) is 4.88. The van der Waals surface area contributed by atoms with E-state index in [9.17, 15) is 19.5 Å². The number of hydrogen-bond donors (Lipinski definition) is 2. The van der Waals surface area contributed by atoms with Crippen LogP contribution in [0.1, 0.15) is 29.7 Å². The lowest BCUT2D eigenvalue weighted by atomic mass is 9.94. The maximum atomic E-state index is 13.5. The molecule has 1 fully saturated rings. The van der Waals surface area contributed by atoms with Gasteiger partial charge in [-0.15, -0.1) is 0 Å². The van der Waals surface area contributed by atoms with E-state index < -0.39 is 23.5 Å². The molecule has 4 rings (SSSR count). The largest absolute Gasteiger partial charge is 0.507 e. The highest BCUT2D eigenvalue weighted by atomic mass is 35.5. The summed E-state index contributed by atoms with van der Waals surface area (Å²) in [5.74, 6) is -1.64. The van der Waals surface area contributed by atoms with Gasteiger partial charge in [0.15, 0.2) is 0 Å². The minimum Gasteiger partial charge on any atom is -0.507 e. The number of ketones is 1. The SMILES string of the molecule is COc1ccc(C2/C(=C(\O)c3cc(C)cc(Cl)c3OC)C(=O)C(=O)N2c2cccc(NC(C)=O)c2)cc1. The molecule has 0 aromatic heterocycles. The molecule has 9 heteroatoms. The smallest absolute Gasteiger partial charge is 0.300 e. The summed E-state index contributed by atoms with van der Waals surface area (Å²) in [6.07, 6.45) is 0. The number of benzene rings is 3. The molecule has 37 heavy (non-hydrogen) atoms. The van der Waals surface area contributed by atoms with Gasteiger partial charge in [0.25, 0.3) is 11.7 Å². The van der Waals surface area contributed by atoms with Crippen LogP contribution < -0.4 is 19.7 Å². The fourth-order valence-electron chi connectivity index (χ4n) is 4.39. The quantitative estimate of drug-likeness (QED) is 0.261. The zero-order chi connectivity index (χ0) is 26.9. The number of nitrogens with one attached hydrogen (secondary N) is 1. The van der Waals surface area contributed by atoms with Crippen molar-refractivity contribution in [3.63, 3.8) is 0 Å². The number of carbonyl (C=O) groups excluding carboxylic acids is 3. The molecule has 0 aliphatic carbocycles. The van der Waals surface area contributed by atoms with Crippen LogP contribution in [0.25, 0.3) is 5.76 Å². The summed E-state index contributed by atoms with van der Waals surface area (Å²) in [5.41, 5.74) is 2.17.